The highest BCUT2D eigenvalue weighted by molar-refractivity contribution is 6.09. The van der Waals surface area contributed by atoms with Crippen molar-refractivity contribution in [1.29, 1.82) is 0 Å². The van der Waals surface area contributed by atoms with Crippen LogP contribution in [0.15, 0.2) is 50.9 Å². The van der Waals surface area contributed by atoms with E-state index in [1.807, 2.05) is 19.9 Å². The van der Waals surface area contributed by atoms with Gasteiger partial charge < -0.3 is 14.3 Å². The van der Waals surface area contributed by atoms with Crippen molar-refractivity contribution in [3.05, 3.63) is 63.4 Å². The number of ketones is 1. The van der Waals surface area contributed by atoms with Gasteiger partial charge in [0, 0.05) is 18.2 Å². The van der Waals surface area contributed by atoms with Crippen LogP contribution in [-0.2, 0) is 4.74 Å². The predicted octanol–water partition coefficient (Wildman–Crippen LogP) is 5.36. The highest BCUT2D eigenvalue weighted by atomic mass is 16.5. The third-order valence-corrected chi connectivity index (χ3v) is 4.83. The van der Waals surface area contributed by atoms with Gasteiger partial charge in [-0.2, -0.15) is 0 Å². The largest absolute Gasteiger partial charge is 0.507 e. The lowest BCUT2D eigenvalue weighted by atomic mass is 9.99. The summed E-state index contributed by atoms with van der Waals surface area (Å²) in [7, 11) is 1.27. The molecule has 0 aliphatic carbocycles. The molecule has 0 saturated heterocycles. The smallest absolute Gasteiger partial charge is 0.410 e. The van der Waals surface area contributed by atoms with Gasteiger partial charge in [0.05, 0.1) is 7.11 Å². The number of carbonyl (C=O) groups is 2. The molecule has 0 saturated carbocycles. The van der Waals surface area contributed by atoms with E-state index in [-0.39, 0.29) is 17.2 Å². The summed E-state index contributed by atoms with van der Waals surface area (Å²) >= 11 is 0. The summed E-state index contributed by atoms with van der Waals surface area (Å²) in [4.78, 5) is 36.0. The molecule has 0 bridgehead atoms. The van der Waals surface area contributed by atoms with Gasteiger partial charge in [-0.3, -0.25) is 10.1 Å². The Labute approximate surface area is 183 Å². The van der Waals surface area contributed by atoms with E-state index in [2.05, 4.69) is 17.0 Å². The fourth-order valence-electron chi connectivity index (χ4n) is 2.79. The van der Waals surface area contributed by atoms with E-state index in [0.29, 0.717) is 24.2 Å². The lowest BCUT2D eigenvalue weighted by Crippen LogP contribution is -2.16. The molecular formula is C24H33NO6. The molecule has 0 spiro atoms. The summed E-state index contributed by atoms with van der Waals surface area (Å²) in [5, 5.41) is 12.8. The second-order valence-electron chi connectivity index (χ2n) is 7.51. The molecule has 7 nitrogen and oxygen atoms in total. The molecule has 2 N–H and O–H groups in total. The standard InChI is InChI=1S/C24H33NO6/c1-6-7-10-16(2)12-13-18(4)22(27)21-19(26)15-20(31-23(21)28)17(3)11-8-9-14-25-24(29)30-5/h9,12-15,17,26H,6-8,10-11H2,1-5H3,(H,25,29)/t17-/m1/s1. The first-order chi connectivity index (χ1) is 14.7. The first kappa shape index (κ1) is 25.9. The zero-order valence-corrected chi connectivity index (χ0v) is 19.0. The molecule has 7 heteroatoms. The van der Waals surface area contributed by atoms with Gasteiger partial charge in [0.25, 0.3) is 0 Å². The third kappa shape index (κ3) is 8.66. The van der Waals surface area contributed by atoms with Crippen molar-refractivity contribution in [1.82, 2.24) is 5.32 Å². The van der Waals surface area contributed by atoms with Gasteiger partial charge in [0.2, 0.25) is 0 Å². The lowest BCUT2D eigenvalue weighted by molar-refractivity contribution is 0.102. The van der Waals surface area contributed by atoms with Gasteiger partial charge in [0.15, 0.2) is 5.78 Å². The number of alkyl carbamates (subject to hydrolysis) is 1. The van der Waals surface area contributed by atoms with E-state index in [9.17, 15) is 19.5 Å². The number of Topliss-reactive ketones (excluding diaryl/α,β-unsaturated/α-hetero) is 1. The number of unbranched alkanes of at least 4 members (excludes halogenated alkanes) is 1. The van der Waals surface area contributed by atoms with Crippen molar-refractivity contribution >= 4 is 11.9 Å². The summed E-state index contributed by atoms with van der Waals surface area (Å²) in [5.41, 5.74) is 0.286. The second kappa shape index (κ2) is 13.3. The number of hydrogen-bond acceptors (Lipinski definition) is 6. The molecule has 1 aromatic rings. The van der Waals surface area contributed by atoms with Crippen molar-refractivity contribution in [3.63, 3.8) is 0 Å². The van der Waals surface area contributed by atoms with Crippen molar-refractivity contribution in [2.45, 2.75) is 65.7 Å². The Balaban J connectivity index is 2.88. The minimum atomic E-state index is -0.853. The SMILES string of the molecule is CCCCC(C)=CC=C(C)C(=O)c1c(O)cc([C@H](C)CCC=CNC(=O)OC)oc1=O. The molecule has 31 heavy (non-hydrogen) atoms. The van der Waals surface area contributed by atoms with Gasteiger partial charge in [-0.15, -0.1) is 0 Å². The number of carbonyl (C=O) groups excluding carboxylic acids is 2. The molecule has 1 atom stereocenters. The quantitative estimate of drug-likeness (QED) is 0.277. The highest BCUT2D eigenvalue weighted by Gasteiger charge is 2.21. The minimum absolute atomic E-state index is 0.175. The summed E-state index contributed by atoms with van der Waals surface area (Å²) in [5.74, 6) is -0.816. The first-order valence-electron chi connectivity index (χ1n) is 10.5. The van der Waals surface area contributed by atoms with Crippen molar-refractivity contribution in [2.24, 2.45) is 0 Å². The molecule has 0 unspecified atom stereocenters. The zero-order valence-electron chi connectivity index (χ0n) is 19.0. The Morgan fingerprint density at radius 3 is 2.61 bits per heavy atom. The molecule has 0 radical (unpaired) electrons. The Kier molecular flexibility index (Phi) is 11.1. The Morgan fingerprint density at radius 1 is 1.29 bits per heavy atom. The summed E-state index contributed by atoms with van der Waals surface area (Å²) in [6.45, 7) is 7.56. The minimum Gasteiger partial charge on any atom is -0.507 e. The van der Waals surface area contributed by atoms with E-state index < -0.39 is 17.5 Å². The third-order valence-electron chi connectivity index (χ3n) is 4.83. The van der Waals surface area contributed by atoms with Gasteiger partial charge in [-0.05, 0) is 45.1 Å². The first-order valence-corrected chi connectivity index (χ1v) is 10.5. The maximum atomic E-state index is 12.6. The molecule has 0 aromatic carbocycles. The van der Waals surface area contributed by atoms with Crippen LogP contribution in [0.1, 0.15) is 81.8 Å². The monoisotopic (exact) mass is 431 g/mol. The van der Waals surface area contributed by atoms with E-state index in [1.54, 1.807) is 19.1 Å². The Hall–Kier alpha value is -3.09. The van der Waals surface area contributed by atoms with Crippen LogP contribution in [-0.4, -0.2) is 24.1 Å². The number of amides is 1. The van der Waals surface area contributed by atoms with Crippen LogP contribution >= 0.6 is 0 Å². The number of allylic oxidation sites excluding steroid dienone is 5. The fourth-order valence-corrected chi connectivity index (χ4v) is 2.79. The molecule has 170 valence electrons. The average Bonchev–Trinajstić information content (AvgIpc) is 2.74. The van der Waals surface area contributed by atoms with Crippen molar-refractivity contribution < 1.29 is 23.8 Å². The normalized spacial score (nSPS) is 13.3. The Morgan fingerprint density at radius 2 is 2.00 bits per heavy atom. The van der Waals surface area contributed by atoms with Crippen LogP contribution in [0, 0.1) is 0 Å². The van der Waals surface area contributed by atoms with Crippen LogP contribution < -0.4 is 10.9 Å². The van der Waals surface area contributed by atoms with E-state index >= 15 is 0 Å². The van der Waals surface area contributed by atoms with Gasteiger partial charge in [-0.25, -0.2) is 9.59 Å². The average molecular weight is 432 g/mol. The van der Waals surface area contributed by atoms with Crippen LogP contribution in [0.25, 0.3) is 0 Å². The number of ether oxygens (including phenoxy) is 1. The molecule has 1 heterocycles. The second-order valence-corrected chi connectivity index (χ2v) is 7.51. The molecular weight excluding hydrogens is 398 g/mol. The van der Waals surface area contributed by atoms with E-state index in [4.69, 9.17) is 4.42 Å². The number of methoxy groups -OCH3 is 1. The predicted molar refractivity (Wildman–Crippen MR) is 120 cm³/mol. The van der Waals surface area contributed by atoms with Crippen molar-refractivity contribution in [3.8, 4) is 5.75 Å². The van der Waals surface area contributed by atoms with Crippen molar-refractivity contribution in [2.75, 3.05) is 7.11 Å². The van der Waals surface area contributed by atoms with Crippen LogP contribution in [0.5, 0.6) is 5.75 Å². The highest BCUT2D eigenvalue weighted by Crippen LogP contribution is 2.26. The molecule has 1 rings (SSSR count). The summed E-state index contributed by atoms with van der Waals surface area (Å²) < 4.78 is 9.77. The number of rotatable bonds is 11. The number of hydrogen-bond donors (Lipinski definition) is 2. The van der Waals surface area contributed by atoms with E-state index in [0.717, 1.165) is 24.8 Å². The maximum absolute atomic E-state index is 12.6. The van der Waals surface area contributed by atoms with Gasteiger partial charge in [0.1, 0.15) is 17.1 Å². The molecule has 1 aromatic heterocycles. The van der Waals surface area contributed by atoms with Crippen LogP contribution in [0.3, 0.4) is 0 Å². The zero-order chi connectivity index (χ0) is 23.4. The molecule has 0 aliphatic rings. The molecule has 1 amide bonds. The fraction of sp³-hybridized carbons (Fsp3) is 0.458. The van der Waals surface area contributed by atoms with Crippen LogP contribution in [0.2, 0.25) is 0 Å². The van der Waals surface area contributed by atoms with Gasteiger partial charge in [-0.1, -0.05) is 44.1 Å². The van der Waals surface area contributed by atoms with Gasteiger partial charge >= 0.3 is 11.7 Å². The van der Waals surface area contributed by atoms with E-state index in [1.165, 1.54) is 19.4 Å². The number of nitrogens with one attached hydrogen (secondary N) is 1. The van der Waals surface area contributed by atoms with Crippen LogP contribution in [0.4, 0.5) is 4.79 Å². The number of aromatic hydroxyl groups is 1. The molecule has 0 fully saturated rings. The summed E-state index contributed by atoms with van der Waals surface area (Å²) in [6.07, 6.45) is 10.5. The maximum Gasteiger partial charge on any atom is 0.410 e. The topological polar surface area (TPSA) is 106 Å². The lowest BCUT2D eigenvalue weighted by Gasteiger charge is -2.11. The molecule has 0 aliphatic heterocycles. The Bertz CT molecular complexity index is 907. The summed E-state index contributed by atoms with van der Waals surface area (Å²) in [6, 6.07) is 1.32.